The number of thioether (sulfide) groups is 1. The SMILES string of the molecule is CC.COC(=O)C(C)C(C)Sc1ccc(OC)cc1. The van der Waals surface area contributed by atoms with Crippen LogP contribution >= 0.6 is 11.8 Å². The van der Waals surface area contributed by atoms with E-state index < -0.39 is 0 Å². The highest BCUT2D eigenvalue weighted by Gasteiger charge is 2.21. The highest BCUT2D eigenvalue weighted by molar-refractivity contribution is 8.00. The Balaban J connectivity index is 0.00000154. The lowest BCUT2D eigenvalue weighted by molar-refractivity contribution is -0.144. The van der Waals surface area contributed by atoms with Crippen molar-refractivity contribution >= 4 is 17.7 Å². The molecular weight excluding hydrogens is 260 g/mol. The van der Waals surface area contributed by atoms with E-state index in [1.807, 2.05) is 52.0 Å². The van der Waals surface area contributed by atoms with E-state index in [9.17, 15) is 4.79 Å². The summed E-state index contributed by atoms with van der Waals surface area (Å²) in [5.41, 5.74) is 0. The van der Waals surface area contributed by atoms with Crippen molar-refractivity contribution in [1.82, 2.24) is 0 Å². The summed E-state index contributed by atoms with van der Waals surface area (Å²) < 4.78 is 9.83. The van der Waals surface area contributed by atoms with Crippen molar-refractivity contribution in [1.29, 1.82) is 0 Å². The molecule has 0 aliphatic carbocycles. The maximum absolute atomic E-state index is 11.4. The Morgan fingerprint density at radius 1 is 1.11 bits per heavy atom. The van der Waals surface area contributed by atoms with E-state index in [0.717, 1.165) is 10.6 Å². The van der Waals surface area contributed by atoms with Crippen molar-refractivity contribution in [2.45, 2.75) is 37.8 Å². The smallest absolute Gasteiger partial charge is 0.309 e. The summed E-state index contributed by atoms with van der Waals surface area (Å²) in [6.07, 6.45) is 0. The number of hydrogen-bond acceptors (Lipinski definition) is 4. The van der Waals surface area contributed by atoms with E-state index in [2.05, 4.69) is 0 Å². The van der Waals surface area contributed by atoms with Gasteiger partial charge in [-0.15, -0.1) is 11.8 Å². The third kappa shape index (κ3) is 6.01. The zero-order chi connectivity index (χ0) is 14.8. The van der Waals surface area contributed by atoms with Crippen LogP contribution in [0.1, 0.15) is 27.7 Å². The van der Waals surface area contributed by atoms with Gasteiger partial charge in [0.05, 0.1) is 20.1 Å². The lowest BCUT2D eigenvalue weighted by Crippen LogP contribution is -2.21. The van der Waals surface area contributed by atoms with Gasteiger partial charge in [0, 0.05) is 10.1 Å². The van der Waals surface area contributed by atoms with Crippen LogP contribution in [0.4, 0.5) is 0 Å². The molecule has 0 radical (unpaired) electrons. The van der Waals surface area contributed by atoms with Crippen LogP contribution in [-0.4, -0.2) is 25.4 Å². The van der Waals surface area contributed by atoms with Gasteiger partial charge in [0.2, 0.25) is 0 Å². The second-order valence-electron chi connectivity index (χ2n) is 3.81. The second kappa shape index (κ2) is 9.73. The topological polar surface area (TPSA) is 35.5 Å². The molecule has 19 heavy (non-hydrogen) atoms. The molecule has 0 saturated carbocycles. The summed E-state index contributed by atoms with van der Waals surface area (Å²) in [4.78, 5) is 12.5. The summed E-state index contributed by atoms with van der Waals surface area (Å²) in [6.45, 7) is 7.91. The lowest BCUT2D eigenvalue weighted by atomic mass is 10.1. The summed E-state index contributed by atoms with van der Waals surface area (Å²) in [5.74, 6) is 0.550. The molecule has 1 aromatic rings. The largest absolute Gasteiger partial charge is 0.497 e. The highest BCUT2D eigenvalue weighted by atomic mass is 32.2. The summed E-state index contributed by atoms with van der Waals surface area (Å²) in [6, 6.07) is 7.81. The summed E-state index contributed by atoms with van der Waals surface area (Å²) in [7, 11) is 3.06. The first-order valence-electron chi connectivity index (χ1n) is 6.47. The fourth-order valence-corrected chi connectivity index (χ4v) is 2.39. The van der Waals surface area contributed by atoms with E-state index in [4.69, 9.17) is 9.47 Å². The molecule has 108 valence electrons. The van der Waals surface area contributed by atoms with Crippen LogP contribution in [0, 0.1) is 5.92 Å². The number of benzene rings is 1. The molecule has 1 aromatic carbocycles. The average Bonchev–Trinajstić information content (AvgIpc) is 2.48. The van der Waals surface area contributed by atoms with Crippen LogP contribution in [0.3, 0.4) is 0 Å². The van der Waals surface area contributed by atoms with E-state index >= 15 is 0 Å². The summed E-state index contributed by atoms with van der Waals surface area (Å²) in [5, 5.41) is 0.177. The maximum Gasteiger partial charge on any atom is 0.309 e. The van der Waals surface area contributed by atoms with Crippen LogP contribution in [0.5, 0.6) is 5.75 Å². The Bertz CT molecular complexity index is 362. The fourth-order valence-electron chi connectivity index (χ4n) is 1.35. The third-order valence-electron chi connectivity index (χ3n) is 2.66. The highest BCUT2D eigenvalue weighted by Crippen LogP contribution is 2.29. The monoisotopic (exact) mass is 284 g/mol. The Kier molecular flexibility index (Phi) is 9.13. The van der Waals surface area contributed by atoms with Gasteiger partial charge in [-0.25, -0.2) is 0 Å². The average molecular weight is 284 g/mol. The standard InChI is InChI=1S/C13H18O3S.C2H6/c1-9(13(14)16-4)10(2)17-12-7-5-11(15-3)6-8-12;1-2/h5-10H,1-4H3;1-2H3. The minimum Gasteiger partial charge on any atom is -0.497 e. The minimum absolute atomic E-state index is 0.118. The lowest BCUT2D eigenvalue weighted by Gasteiger charge is -2.17. The molecule has 3 nitrogen and oxygen atoms in total. The number of methoxy groups -OCH3 is 2. The van der Waals surface area contributed by atoms with Gasteiger partial charge in [-0.2, -0.15) is 0 Å². The zero-order valence-corrected chi connectivity index (χ0v) is 13.4. The molecule has 0 bridgehead atoms. The predicted molar refractivity (Wildman–Crippen MR) is 80.8 cm³/mol. The van der Waals surface area contributed by atoms with Crippen LogP contribution in [0.25, 0.3) is 0 Å². The molecule has 0 N–H and O–H groups in total. The van der Waals surface area contributed by atoms with Gasteiger partial charge in [0.1, 0.15) is 5.75 Å². The van der Waals surface area contributed by atoms with Crippen LogP contribution in [-0.2, 0) is 9.53 Å². The number of ether oxygens (including phenoxy) is 2. The Morgan fingerprint density at radius 2 is 1.63 bits per heavy atom. The molecule has 2 atom stereocenters. The van der Waals surface area contributed by atoms with Gasteiger partial charge in [-0.3, -0.25) is 4.79 Å². The van der Waals surface area contributed by atoms with Gasteiger partial charge < -0.3 is 9.47 Å². The van der Waals surface area contributed by atoms with Crippen molar-refractivity contribution in [3.63, 3.8) is 0 Å². The molecule has 0 saturated heterocycles. The maximum atomic E-state index is 11.4. The van der Waals surface area contributed by atoms with Crippen molar-refractivity contribution in [2.24, 2.45) is 5.92 Å². The molecule has 2 unspecified atom stereocenters. The van der Waals surface area contributed by atoms with Crippen molar-refractivity contribution < 1.29 is 14.3 Å². The number of rotatable bonds is 5. The molecule has 0 fully saturated rings. The predicted octanol–water partition coefficient (Wildman–Crippen LogP) is 4.01. The quantitative estimate of drug-likeness (QED) is 0.604. The first-order chi connectivity index (χ1) is 9.08. The number of carbonyl (C=O) groups excluding carboxylic acids is 1. The molecule has 1 rings (SSSR count). The minimum atomic E-state index is -0.168. The van der Waals surface area contributed by atoms with Gasteiger partial charge in [-0.05, 0) is 24.3 Å². The molecule has 0 spiro atoms. The normalized spacial score (nSPS) is 12.7. The first-order valence-corrected chi connectivity index (χ1v) is 7.35. The molecule has 0 aliphatic heterocycles. The summed E-state index contributed by atoms with van der Waals surface area (Å²) >= 11 is 1.66. The van der Waals surface area contributed by atoms with Crippen molar-refractivity contribution in [3.05, 3.63) is 24.3 Å². The molecule has 0 amide bonds. The second-order valence-corrected chi connectivity index (χ2v) is 5.26. The van der Waals surface area contributed by atoms with E-state index in [1.54, 1.807) is 18.9 Å². The van der Waals surface area contributed by atoms with Crippen molar-refractivity contribution in [3.8, 4) is 5.75 Å². The van der Waals surface area contributed by atoms with Crippen LogP contribution in [0.2, 0.25) is 0 Å². The number of esters is 1. The fraction of sp³-hybridized carbons (Fsp3) is 0.533. The van der Waals surface area contributed by atoms with Gasteiger partial charge in [-0.1, -0.05) is 27.7 Å². The van der Waals surface area contributed by atoms with E-state index in [-0.39, 0.29) is 17.1 Å². The zero-order valence-electron chi connectivity index (χ0n) is 12.6. The van der Waals surface area contributed by atoms with Crippen molar-refractivity contribution in [2.75, 3.05) is 14.2 Å². The Morgan fingerprint density at radius 3 is 2.05 bits per heavy atom. The Hall–Kier alpha value is -1.16. The van der Waals surface area contributed by atoms with Gasteiger partial charge in [0.15, 0.2) is 0 Å². The van der Waals surface area contributed by atoms with Gasteiger partial charge >= 0.3 is 5.97 Å². The first kappa shape index (κ1) is 17.8. The molecule has 0 aromatic heterocycles. The van der Waals surface area contributed by atoms with Crippen LogP contribution < -0.4 is 4.74 Å². The third-order valence-corrected chi connectivity index (χ3v) is 3.98. The number of hydrogen-bond donors (Lipinski definition) is 0. The van der Waals surface area contributed by atoms with Gasteiger partial charge in [0.25, 0.3) is 0 Å². The molecule has 4 heteroatoms. The van der Waals surface area contributed by atoms with Crippen LogP contribution in [0.15, 0.2) is 29.2 Å². The molecule has 0 heterocycles. The van der Waals surface area contributed by atoms with E-state index in [0.29, 0.717) is 0 Å². The molecule has 0 aliphatic rings. The number of carbonyl (C=O) groups is 1. The Labute approximate surface area is 120 Å². The molecular formula is C15H24O3S. The van der Waals surface area contributed by atoms with E-state index in [1.165, 1.54) is 7.11 Å².